The number of pyridine rings is 1. The number of anilines is 1. The minimum Gasteiger partial charge on any atom is -0.368 e. The normalized spacial score (nSPS) is 11.2. The van der Waals surface area contributed by atoms with Crippen LogP contribution in [0.3, 0.4) is 0 Å². The molecular weight excluding hydrogens is 356 g/mol. The molecule has 0 radical (unpaired) electrons. The van der Waals surface area contributed by atoms with Gasteiger partial charge in [-0.25, -0.2) is 4.98 Å². The van der Waals surface area contributed by atoms with Crippen molar-refractivity contribution in [3.8, 4) is 0 Å². The third-order valence-electron chi connectivity index (χ3n) is 3.28. The van der Waals surface area contributed by atoms with E-state index in [-0.39, 0.29) is 11.1 Å². The number of nitrogen functional groups attached to an aromatic ring is 1. The molecule has 3 aromatic rings. The van der Waals surface area contributed by atoms with Gasteiger partial charge in [0.2, 0.25) is 5.95 Å². The molecule has 0 aliphatic rings. The monoisotopic (exact) mass is 366 g/mol. The molecule has 0 saturated heterocycles. The molecule has 3 heterocycles. The Balaban J connectivity index is 2.09. The molecule has 0 atom stereocenters. The van der Waals surface area contributed by atoms with E-state index in [9.17, 15) is 0 Å². The van der Waals surface area contributed by atoms with E-state index in [0.29, 0.717) is 17.7 Å². The predicted molar refractivity (Wildman–Crippen MR) is 85.3 cm³/mol. The van der Waals surface area contributed by atoms with Gasteiger partial charge in [-0.3, -0.25) is 4.98 Å². The Labute approximate surface area is 134 Å². The van der Waals surface area contributed by atoms with Crippen molar-refractivity contribution in [2.24, 2.45) is 0 Å². The van der Waals surface area contributed by atoms with Crippen LogP contribution in [0.5, 0.6) is 0 Å². The Kier molecular flexibility index (Phi) is 3.54. The van der Waals surface area contributed by atoms with E-state index in [1.54, 1.807) is 6.33 Å². The first-order chi connectivity index (χ1) is 9.97. The molecule has 0 fully saturated rings. The summed E-state index contributed by atoms with van der Waals surface area (Å²) < 4.78 is 2.92. The number of hydrogen-bond donors (Lipinski definition) is 1. The van der Waals surface area contributed by atoms with Crippen LogP contribution in [-0.4, -0.2) is 24.5 Å². The largest absolute Gasteiger partial charge is 0.368 e. The van der Waals surface area contributed by atoms with Gasteiger partial charge in [-0.05, 0) is 25.0 Å². The number of nitrogens with two attached hydrogens (primary N) is 1. The Morgan fingerprint density at radius 1 is 1.29 bits per heavy atom. The van der Waals surface area contributed by atoms with Gasteiger partial charge in [0.15, 0.2) is 10.8 Å². The van der Waals surface area contributed by atoms with Crippen LogP contribution in [0.15, 0.2) is 17.0 Å². The Morgan fingerprint density at radius 3 is 2.81 bits per heavy atom. The molecule has 0 spiro atoms. The lowest BCUT2D eigenvalue weighted by Gasteiger charge is -2.10. The van der Waals surface area contributed by atoms with Crippen molar-refractivity contribution in [1.29, 1.82) is 0 Å². The van der Waals surface area contributed by atoms with Gasteiger partial charge in [-0.1, -0.05) is 27.5 Å². The van der Waals surface area contributed by atoms with Gasteiger partial charge in [0.25, 0.3) is 0 Å². The van der Waals surface area contributed by atoms with Crippen molar-refractivity contribution in [2.45, 2.75) is 20.4 Å². The minimum atomic E-state index is 0.129. The Hall–Kier alpha value is -1.73. The van der Waals surface area contributed by atoms with Crippen molar-refractivity contribution in [2.75, 3.05) is 5.73 Å². The topological polar surface area (TPSA) is 82.5 Å². The highest BCUT2D eigenvalue weighted by Gasteiger charge is 2.13. The first-order valence-electron chi connectivity index (χ1n) is 6.21. The molecule has 0 aromatic carbocycles. The van der Waals surface area contributed by atoms with Crippen LogP contribution in [0, 0.1) is 13.8 Å². The number of halogens is 2. The molecule has 8 heteroatoms. The average molecular weight is 368 g/mol. The molecule has 0 bridgehead atoms. The van der Waals surface area contributed by atoms with Crippen molar-refractivity contribution in [3.05, 3.63) is 39.0 Å². The molecule has 3 aromatic heterocycles. The fraction of sp³-hybridized carbons (Fsp3) is 0.231. The van der Waals surface area contributed by atoms with Crippen LogP contribution in [0.25, 0.3) is 11.2 Å². The second-order valence-electron chi connectivity index (χ2n) is 4.74. The lowest BCUT2D eigenvalue weighted by atomic mass is 10.1. The van der Waals surface area contributed by atoms with Gasteiger partial charge in [0.05, 0.1) is 18.6 Å². The number of fused-ring (bicyclic) bond motifs is 1. The molecule has 3 rings (SSSR count). The standard InChI is InChI=1S/C13H12BrClN6/c1-6-3-17-8(7(2)9(6)14)4-21-5-18-10-11(15)19-13(16)20-12(10)21/h3,5H,4H2,1-2H3,(H2,16,19,20). The van der Waals surface area contributed by atoms with E-state index in [1.807, 2.05) is 24.6 Å². The van der Waals surface area contributed by atoms with Gasteiger partial charge >= 0.3 is 0 Å². The van der Waals surface area contributed by atoms with Crippen LogP contribution in [0.4, 0.5) is 5.95 Å². The second-order valence-corrected chi connectivity index (χ2v) is 5.90. The molecule has 2 N–H and O–H groups in total. The van der Waals surface area contributed by atoms with Gasteiger partial charge in [0, 0.05) is 10.7 Å². The number of aromatic nitrogens is 5. The van der Waals surface area contributed by atoms with Gasteiger partial charge in [-0.2, -0.15) is 9.97 Å². The van der Waals surface area contributed by atoms with E-state index in [1.165, 1.54) is 0 Å². The van der Waals surface area contributed by atoms with E-state index in [0.717, 1.165) is 21.3 Å². The SMILES string of the molecule is Cc1cnc(Cn2cnc3c(Cl)nc(N)nc32)c(C)c1Br. The summed E-state index contributed by atoms with van der Waals surface area (Å²) in [6, 6.07) is 0. The Morgan fingerprint density at radius 2 is 2.05 bits per heavy atom. The molecule has 21 heavy (non-hydrogen) atoms. The van der Waals surface area contributed by atoms with Crippen LogP contribution >= 0.6 is 27.5 Å². The molecule has 0 aliphatic heterocycles. The van der Waals surface area contributed by atoms with E-state index in [2.05, 4.69) is 35.9 Å². The summed E-state index contributed by atoms with van der Waals surface area (Å²) in [6.07, 6.45) is 3.50. The third kappa shape index (κ3) is 2.47. The van der Waals surface area contributed by atoms with Crippen molar-refractivity contribution in [3.63, 3.8) is 0 Å². The van der Waals surface area contributed by atoms with Crippen molar-refractivity contribution < 1.29 is 0 Å². The summed E-state index contributed by atoms with van der Waals surface area (Å²) in [4.78, 5) is 16.8. The summed E-state index contributed by atoms with van der Waals surface area (Å²) in [5, 5.41) is 0.256. The zero-order valence-electron chi connectivity index (χ0n) is 11.4. The fourth-order valence-electron chi connectivity index (χ4n) is 2.11. The molecule has 0 amide bonds. The molecule has 0 saturated carbocycles. The van der Waals surface area contributed by atoms with Crippen molar-refractivity contribution in [1.82, 2.24) is 24.5 Å². The molecule has 108 valence electrons. The number of nitrogens with zero attached hydrogens (tertiary/aromatic N) is 5. The maximum atomic E-state index is 6.03. The zero-order valence-corrected chi connectivity index (χ0v) is 13.8. The minimum absolute atomic E-state index is 0.129. The van der Waals surface area contributed by atoms with Gasteiger partial charge < -0.3 is 10.3 Å². The highest BCUT2D eigenvalue weighted by molar-refractivity contribution is 9.10. The van der Waals surface area contributed by atoms with E-state index in [4.69, 9.17) is 17.3 Å². The lowest BCUT2D eigenvalue weighted by Crippen LogP contribution is -2.06. The number of rotatable bonds is 2. The van der Waals surface area contributed by atoms with Crippen LogP contribution < -0.4 is 5.73 Å². The number of aryl methyl sites for hydroxylation is 1. The molecule has 6 nitrogen and oxygen atoms in total. The lowest BCUT2D eigenvalue weighted by molar-refractivity contribution is 0.779. The average Bonchev–Trinajstić information content (AvgIpc) is 2.83. The molecule has 0 unspecified atom stereocenters. The highest BCUT2D eigenvalue weighted by atomic mass is 79.9. The summed E-state index contributed by atoms with van der Waals surface area (Å²) >= 11 is 9.60. The summed E-state index contributed by atoms with van der Waals surface area (Å²) in [7, 11) is 0. The van der Waals surface area contributed by atoms with Crippen LogP contribution in [0.1, 0.15) is 16.8 Å². The predicted octanol–water partition coefficient (Wildman–Crippen LogP) is 2.88. The van der Waals surface area contributed by atoms with Crippen molar-refractivity contribution >= 4 is 44.6 Å². The molecule has 0 aliphatic carbocycles. The highest BCUT2D eigenvalue weighted by Crippen LogP contribution is 2.24. The van der Waals surface area contributed by atoms with Gasteiger partial charge in [-0.15, -0.1) is 0 Å². The van der Waals surface area contributed by atoms with E-state index >= 15 is 0 Å². The maximum absolute atomic E-state index is 6.03. The quantitative estimate of drug-likeness (QED) is 0.704. The zero-order chi connectivity index (χ0) is 15.1. The van der Waals surface area contributed by atoms with Gasteiger partial charge in [0.1, 0.15) is 5.52 Å². The third-order valence-corrected chi connectivity index (χ3v) is 4.76. The smallest absolute Gasteiger partial charge is 0.223 e. The fourth-order valence-corrected chi connectivity index (χ4v) is 2.66. The van der Waals surface area contributed by atoms with Crippen LogP contribution in [0.2, 0.25) is 5.15 Å². The summed E-state index contributed by atoms with van der Waals surface area (Å²) in [6.45, 7) is 4.57. The first kappa shape index (κ1) is 14.2. The number of hydrogen-bond acceptors (Lipinski definition) is 5. The van der Waals surface area contributed by atoms with E-state index < -0.39 is 0 Å². The number of imidazole rings is 1. The molecular formula is C13H12BrClN6. The maximum Gasteiger partial charge on any atom is 0.223 e. The second kappa shape index (κ2) is 5.23. The first-order valence-corrected chi connectivity index (χ1v) is 7.39. The summed E-state index contributed by atoms with van der Waals surface area (Å²) in [5.74, 6) is 0.129. The van der Waals surface area contributed by atoms with Crippen LogP contribution in [-0.2, 0) is 6.54 Å². The summed E-state index contributed by atoms with van der Waals surface area (Å²) in [5.41, 5.74) is 9.91. The Bertz CT molecular complexity index is 844.